The topological polar surface area (TPSA) is 64.0 Å². The lowest BCUT2D eigenvalue weighted by Crippen LogP contribution is -2.20. The predicted molar refractivity (Wildman–Crippen MR) is 108 cm³/mol. The Morgan fingerprint density at radius 1 is 1.23 bits per heavy atom. The third-order valence-corrected chi connectivity index (χ3v) is 4.04. The van der Waals surface area contributed by atoms with E-state index in [1.165, 1.54) is 0 Å². The second-order valence-corrected chi connectivity index (χ2v) is 6.52. The van der Waals surface area contributed by atoms with Crippen molar-refractivity contribution in [2.45, 2.75) is 13.5 Å². The number of ether oxygens (including phenoxy) is 1. The van der Waals surface area contributed by atoms with Gasteiger partial charge >= 0.3 is 0 Å². The van der Waals surface area contributed by atoms with Gasteiger partial charge in [0, 0.05) is 5.02 Å². The number of benzene rings is 2. The fourth-order valence-corrected chi connectivity index (χ4v) is 2.84. The van der Waals surface area contributed by atoms with Gasteiger partial charge in [0.25, 0.3) is 0 Å². The normalized spacial score (nSPS) is 10.4. The highest BCUT2D eigenvalue weighted by atomic mass is 35.5. The van der Waals surface area contributed by atoms with Gasteiger partial charge in [-0.2, -0.15) is 0 Å². The third kappa shape index (κ3) is 4.71. The number of thiocarbonyl (C=S) groups is 1. The molecule has 0 amide bonds. The van der Waals surface area contributed by atoms with E-state index in [4.69, 9.17) is 28.6 Å². The number of methoxy groups -OCH3 is 1. The van der Waals surface area contributed by atoms with Crippen LogP contribution in [0.15, 0.2) is 48.8 Å². The van der Waals surface area contributed by atoms with Crippen LogP contribution in [0.25, 0.3) is 0 Å². The largest absolute Gasteiger partial charge is 0.495 e. The molecule has 0 aliphatic heterocycles. The van der Waals surface area contributed by atoms with E-state index in [0.29, 0.717) is 28.4 Å². The summed E-state index contributed by atoms with van der Waals surface area (Å²) in [5, 5.41) is 11.5. The van der Waals surface area contributed by atoms with E-state index in [1.807, 2.05) is 49.4 Å². The Labute approximate surface area is 162 Å². The van der Waals surface area contributed by atoms with E-state index in [1.54, 1.807) is 18.1 Å². The van der Waals surface area contributed by atoms with Crippen molar-refractivity contribution in [3.63, 3.8) is 0 Å². The van der Waals surface area contributed by atoms with Crippen LogP contribution in [0.4, 0.5) is 11.6 Å². The molecule has 1 heterocycles. The third-order valence-electron chi connectivity index (χ3n) is 3.60. The molecule has 0 saturated carbocycles. The lowest BCUT2D eigenvalue weighted by molar-refractivity contribution is 0.417. The highest BCUT2D eigenvalue weighted by Gasteiger charge is 2.08. The van der Waals surface area contributed by atoms with E-state index >= 15 is 0 Å². The van der Waals surface area contributed by atoms with Crippen molar-refractivity contribution in [1.82, 2.24) is 14.8 Å². The lowest BCUT2D eigenvalue weighted by atomic mass is 10.2. The van der Waals surface area contributed by atoms with Gasteiger partial charge in [-0.05, 0) is 54.5 Å². The fourth-order valence-electron chi connectivity index (χ4n) is 2.43. The summed E-state index contributed by atoms with van der Waals surface area (Å²) in [4.78, 5) is 4.23. The second kappa shape index (κ2) is 8.16. The van der Waals surface area contributed by atoms with Crippen molar-refractivity contribution in [3.05, 3.63) is 64.9 Å². The molecule has 2 aromatic carbocycles. The number of nitrogens with one attached hydrogen (secondary N) is 2. The van der Waals surface area contributed by atoms with Gasteiger partial charge in [-0.15, -0.1) is 5.10 Å². The zero-order chi connectivity index (χ0) is 18.5. The first-order valence-corrected chi connectivity index (χ1v) is 8.68. The lowest BCUT2D eigenvalue weighted by Gasteiger charge is -2.12. The monoisotopic (exact) mass is 387 g/mol. The number of hydrogen-bond donors (Lipinski definition) is 2. The van der Waals surface area contributed by atoms with Crippen LogP contribution in [-0.2, 0) is 6.54 Å². The first-order chi connectivity index (χ1) is 12.5. The predicted octanol–water partition coefficient (Wildman–Crippen LogP) is 4.11. The van der Waals surface area contributed by atoms with Crippen molar-refractivity contribution in [3.8, 4) is 5.75 Å². The number of anilines is 2. The minimum Gasteiger partial charge on any atom is -0.495 e. The maximum absolute atomic E-state index is 6.00. The van der Waals surface area contributed by atoms with Crippen LogP contribution in [-0.4, -0.2) is 27.0 Å². The molecule has 26 heavy (non-hydrogen) atoms. The Bertz CT molecular complexity index is 927. The first kappa shape index (κ1) is 18.2. The first-order valence-electron chi connectivity index (χ1n) is 7.90. The van der Waals surface area contributed by atoms with Crippen LogP contribution >= 0.6 is 23.8 Å². The molecule has 6 nitrogen and oxygen atoms in total. The fraction of sp³-hybridized carbons (Fsp3) is 0.167. The Hall–Kier alpha value is -2.64. The highest BCUT2D eigenvalue weighted by molar-refractivity contribution is 7.80. The van der Waals surface area contributed by atoms with Crippen LogP contribution in [0.1, 0.15) is 11.1 Å². The Balaban J connectivity index is 1.64. The average Bonchev–Trinajstić information content (AvgIpc) is 3.01. The van der Waals surface area contributed by atoms with Gasteiger partial charge in [-0.25, -0.2) is 9.67 Å². The molecule has 3 aromatic rings. The molecule has 0 aliphatic carbocycles. The molecule has 0 atom stereocenters. The summed E-state index contributed by atoms with van der Waals surface area (Å²) in [6.45, 7) is 2.57. The van der Waals surface area contributed by atoms with E-state index < -0.39 is 0 Å². The molecule has 0 spiro atoms. The molecule has 0 saturated heterocycles. The second-order valence-electron chi connectivity index (χ2n) is 5.68. The van der Waals surface area contributed by atoms with Crippen LogP contribution in [0.3, 0.4) is 0 Å². The Kier molecular flexibility index (Phi) is 5.70. The van der Waals surface area contributed by atoms with E-state index in [0.717, 1.165) is 16.8 Å². The smallest absolute Gasteiger partial charge is 0.248 e. The quantitative estimate of drug-likeness (QED) is 0.642. The van der Waals surface area contributed by atoms with Crippen LogP contribution in [0, 0.1) is 6.92 Å². The molecule has 2 N–H and O–H groups in total. The van der Waals surface area contributed by atoms with E-state index in [2.05, 4.69) is 20.7 Å². The minimum absolute atomic E-state index is 0.384. The zero-order valence-electron chi connectivity index (χ0n) is 14.4. The maximum Gasteiger partial charge on any atom is 0.248 e. The van der Waals surface area contributed by atoms with Crippen molar-refractivity contribution in [1.29, 1.82) is 0 Å². The molecule has 134 valence electrons. The number of aromatic nitrogens is 3. The number of halogens is 1. The summed E-state index contributed by atoms with van der Waals surface area (Å²) in [7, 11) is 1.62. The van der Waals surface area contributed by atoms with Gasteiger partial charge in [0.2, 0.25) is 5.95 Å². The summed E-state index contributed by atoms with van der Waals surface area (Å²) in [5.74, 6) is 1.12. The Morgan fingerprint density at radius 2 is 2.08 bits per heavy atom. The minimum atomic E-state index is 0.384. The zero-order valence-corrected chi connectivity index (χ0v) is 15.9. The molecule has 0 radical (unpaired) electrons. The van der Waals surface area contributed by atoms with Crippen molar-refractivity contribution in [2.75, 3.05) is 17.7 Å². The number of nitrogens with zero attached hydrogens (tertiary/aromatic N) is 3. The molecule has 0 aliphatic rings. The van der Waals surface area contributed by atoms with Crippen molar-refractivity contribution in [2.24, 2.45) is 0 Å². The summed E-state index contributed by atoms with van der Waals surface area (Å²) < 4.78 is 7.05. The van der Waals surface area contributed by atoms with Crippen LogP contribution in [0.2, 0.25) is 5.02 Å². The highest BCUT2D eigenvalue weighted by Crippen LogP contribution is 2.25. The molecule has 3 rings (SSSR count). The van der Waals surface area contributed by atoms with Crippen molar-refractivity contribution < 1.29 is 4.74 Å². The standard InChI is InChI=1S/C18H18ClN5OS/c1-12-6-7-16(25-2)15(8-12)21-18(26)22-17-20-11-24(23-17)10-13-4-3-5-14(19)9-13/h3-9,11H,10H2,1-2H3,(H2,21,22,23,26). The van der Waals surface area contributed by atoms with Gasteiger partial charge in [0.1, 0.15) is 12.1 Å². The molecule has 8 heteroatoms. The van der Waals surface area contributed by atoms with Gasteiger partial charge in [0.05, 0.1) is 19.3 Å². The van der Waals surface area contributed by atoms with Crippen molar-refractivity contribution >= 4 is 40.6 Å². The summed E-state index contributed by atoms with van der Waals surface area (Å²) in [6, 6.07) is 13.4. The van der Waals surface area contributed by atoms with Crippen LogP contribution in [0.5, 0.6) is 5.75 Å². The number of aryl methyl sites for hydroxylation is 1. The number of rotatable bonds is 5. The van der Waals surface area contributed by atoms with Gasteiger partial charge < -0.3 is 10.1 Å². The summed E-state index contributed by atoms with van der Waals surface area (Å²) >= 11 is 11.3. The summed E-state index contributed by atoms with van der Waals surface area (Å²) in [5.41, 5.74) is 2.92. The van der Waals surface area contributed by atoms with Gasteiger partial charge in [-0.1, -0.05) is 29.8 Å². The molecule has 0 unspecified atom stereocenters. The van der Waals surface area contributed by atoms with Gasteiger partial charge in [0.15, 0.2) is 5.11 Å². The SMILES string of the molecule is COc1ccc(C)cc1NC(=S)Nc1ncn(Cc2cccc(Cl)c2)n1. The average molecular weight is 388 g/mol. The van der Waals surface area contributed by atoms with E-state index in [-0.39, 0.29) is 0 Å². The Morgan fingerprint density at radius 3 is 2.85 bits per heavy atom. The molecule has 1 aromatic heterocycles. The molecular formula is C18H18ClN5OS. The molecular weight excluding hydrogens is 370 g/mol. The molecule has 0 fully saturated rings. The van der Waals surface area contributed by atoms with Crippen LogP contribution < -0.4 is 15.4 Å². The maximum atomic E-state index is 6.00. The van der Waals surface area contributed by atoms with Gasteiger partial charge in [-0.3, -0.25) is 5.32 Å². The molecule has 0 bridgehead atoms. The number of hydrogen-bond acceptors (Lipinski definition) is 4. The summed E-state index contributed by atoms with van der Waals surface area (Å²) in [6.07, 6.45) is 1.64. The van der Waals surface area contributed by atoms with E-state index in [9.17, 15) is 0 Å².